The fourth-order valence-corrected chi connectivity index (χ4v) is 3.67. The Bertz CT molecular complexity index is 1030. The third kappa shape index (κ3) is 4.89. The lowest BCUT2D eigenvalue weighted by molar-refractivity contribution is -0.118. The molecule has 30 heavy (non-hydrogen) atoms. The van der Waals surface area contributed by atoms with Crippen LogP contribution in [-0.4, -0.2) is 43.7 Å². The molecule has 1 saturated heterocycles. The first kappa shape index (κ1) is 20.2. The van der Waals surface area contributed by atoms with Crippen molar-refractivity contribution >= 4 is 28.3 Å². The number of pyridine rings is 1. The van der Waals surface area contributed by atoms with Gasteiger partial charge in [-0.15, -0.1) is 0 Å². The number of nitrogens with one attached hydrogen (secondary N) is 2. The van der Waals surface area contributed by atoms with Gasteiger partial charge in [0.1, 0.15) is 11.6 Å². The highest BCUT2D eigenvalue weighted by atomic mass is 16.5. The molecule has 0 atom stereocenters. The lowest BCUT2D eigenvalue weighted by Crippen LogP contribution is -2.28. The minimum atomic E-state index is -0.186. The predicted octanol–water partition coefficient (Wildman–Crippen LogP) is 3.67. The highest BCUT2D eigenvalue weighted by Gasteiger charge is 2.13. The Kier molecular flexibility index (Phi) is 6.14. The summed E-state index contributed by atoms with van der Waals surface area (Å²) in [6, 6.07) is 15.6. The molecule has 4 rings (SSSR count). The van der Waals surface area contributed by atoms with Crippen LogP contribution in [0.4, 0.5) is 11.5 Å². The second kappa shape index (κ2) is 9.13. The van der Waals surface area contributed by atoms with Gasteiger partial charge >= 0.3 is 0 Å². The summed E-state index contributed by atoms with van der Waals surface area (Å²) in [5.74, 6) is 1.52. The number of hydrogen-bond donors (Lipinski definition) is 2. The standard InChI is InChI=1S/C24H28N4O2/c1-17-4-7-20(8-5-17)30-16-24(29)26-19-6-9-22-21(15-19)18(2)14-23(27-22)28-12-3-10-25-11-13-28/h4-9,14-15,25H,3,10-13,16H2,1-2H3,(H,26,29). The minimum Gasteiger partial charge on any atom is -0.484 e. The fraction of sp³-hybridized carbons (Fsp3) is 0.333. The number of carbonyl (C=O) groups is 1. The zero-order chi connectivity index (χ0) is 20.9. The van der Waals surface area contributed by atoms with E-state index in [1.165, 1.54) is 0 Å². The molecule has 0 aliphatic carbocycles. The maximum absolute atomic E-state index is 12.3. The van der Waals surface area contributed by atoms with Gasteiger partial charge in [0.2, 0.25) is 0 Å². The molecule has 6 heteroatoms. The van der Waals surface area contributed by atoms with Crippen LogP contribution in [0.2, 0.25) is 0 Å². The molecule has 0 unspecified atom stereocenters. The SMILES string of the molecule is Cc1ccc(OCC(=O)Nc2ccc3nc(N4CCCNCC4)cc(C)c3c2)cc1. The van der Waals surface area contributed by atoms with Crippen LogP contribution in [0.5, 0.6) is 5.75 Å². The van der Waals surface area contributed by atoms with Crippen molar-refractivity contribution in [3.8, 4) is 5.75 Å². The summed E-state index contributed by atoms with van der Waals surface area (Å²) >= 11 is 0. The Morgan fingerprint density at radius 3 is 2.77 bits per heavy atom. The summed E-state index contributed by atoms with van der Waals surface area (Å²) in [7, 11) is 0. The third-order valence-electron chi connectivity index (χ3n) is 5.34. The van der Waals surface area contributed by atoms with Crippen LogP contribution in [0.25, 0.3) is 10.9 Å². The first-order valence-corrected chi connectivity index (χ1v) is 10.4. The van der Waals surface area contributed by atoms with Crippen molar-refractivity contribution < 1.29 is 9.53 Å². The molecule has 2 heterocycles. The Morgan fingerprint density at radius 2 is 1.93 bits per heavy atom. The van der Waals surface area contributed by atoms with Crippen LogP contribution >= 0.6 is 0 Å². The minimum absolute atomic E-state index is 0.0275. The molecule has 156 valence electrons. The van der Waals surface area contributed by atoms with Gasteiger partial charge < -0.3 is 20.3 Å². The molecule has 0 saturated carbocycles. The smallest absolute Gasteiger partial charge is 0.262 e. The first-order valence-electron chi connectivity index (χ1n) is 10.4. The number of aromatic nitrogens is 1. The van der Waals surface area contributed by atoms with E-state index < -0.39 is 0 Å². The van der Waals surface area contributed by atoms with Gasteiger partial charge in [-0.2, -0.15) is 0 Å². The monoisotopic (exact) mass is 404 g/mol. The van der Waals surface area contributed by atoms with Crippen molar-refractivity contribution in [1.82, 2.24) is 10.3 Å². The van der Waals surface area contributed by atoms with Crippen LogP contribution in [0.1, 0.15) is 17.5 Å². The van der Waals surface area contributed by atoms with Crippen molar-refractivity contribution in [2.75, 3.05) is 43.0 Å². The van der Waals surface area contributed by atoms with E-state index in [4.69, 9.17) is 9.72 Å². The van der Waals surface area contributed by atoms with Crippen molar-refractivity contribution in [3.05, 3.63) is 59.7 Å². The highest BCUT2D eigenvalue weighted by molar-refractivity contribution is 5.95. The van der Waals surface area contributed by atoms with Crippen LogP contribution in [0.3, 0.4) is 0 Å². The van der Waals surface area contributed by atoms with E-state index in [0.717, 1.165) is 66.1 Å². The van der Waals surface area contributed by atoms with Crippen molar-refractivity contribution in [2.45, 2.75) is 20.3 Å². The van der Waals surface area contributed by atoms with Crippen LogP contribution in [0, 0.1) is 13.8 Å². The molecule has 0 spiro atoms. The van der Waals surface area contributed by atoms with Gasteiger partial charge in [0, 0.05) is 30.7 Å². The highest BCUT2D eigenvalue weighted by Crippen LogP contribution is 2.25. The molecule has 1 amide bonds. The summed E-state index contributed by atoms with van der Waals surface area (Å²) in [6.45, 7) is 8.10. The van der Waals surface area contributed by atoms with Crippen LogP contribution in [-0.2, 0) is 4.79 Å². The number of fused-ring (bicyclic) bond motifs is 1. The number of carbonyl (C=O) groups excluding carboxylic acids is 1. The maximum atomic E-state index is 12.3. The number of anilines is 2. The maximum Gasteiger partial charge on any atom is 0.262 e. The number of amides is 1. The zero-order valence-electron chi connectivity index (χ0n) is 17.6. The number of hydrogen-bond acceptors (Lipinski definition) is 5. The molecular formula is C24H28N4O2. The largest absolute Gasteiger partial charge is 0.484 e. The number of nitrogens with zero attached hydrogens (tertiary/aromatic N) is 2. The lowest BCUT2D eigenvalue weighted by atomic mass is 10.1. The normalized spacial score (nSPS) is 14.4. The van der Waals surface area contributed by atoms with E-state index in [1.807, 2.05) is 49.4 Å². The van der Waals surface area contributed by atoms with Crippen molar-refractivity contribution in [3.63, 3.8) is 0 Å². The summed E-state index contributed by atoms with van der Waals surface area (Å²) in [5.41, 5.74) is 3.99. The molecule has 6 nitrogen and oxygen atoms in total. The number of rotatable bonds is 5. The third-order valence-corrected chi connectivity index (χ3v) is 5.34. The Labute approximate surface area is 177 Å². The van der Waals surface area contributed by atoms with E-state index >= 15 is 0 Å². The molecule has 1 aromatic heterocycles. The molecule has 1 aliphatic heterocycles. The Balaban J connectivity index is 1.44. The summed E-state index contributed by atoms with van der Waals surface area (Å²) in [6.07, 6.45) is 1.12. The van der Waals surface area contributed by atoms with Crippen molar-refractivity contribution in [2.24, 2.45) is 0 Å². The second-order valence-corrected chi connectivity index (χ2v) is 7.77. The number of aryl methyl sites for hydroxylation is 2. The Morgan fingerprint density at radius 1 is 1.10 bits per heavy atom. The average molecular weight is 405 g/mol. The van der Waals surface area contributed by atoms with Gasteiger partial charge in [0.25, 0.3) is 5.91 Å². The molecule has 0 bridgehead atoms. The van der Waals surface area contributed by atoms with E-state index in [2.05, 4.69) is 28.5 Å². The van der Waals surface area contributed by atoms with Crippen LogP contribution in [0.15, 0.2) is 48.5 Å². The molecule has 1 fully saturated rings. The fourth-order valence-electron chi connectivity index (χ4n) is 3.67. The van der Waals surface area contributed by atoms with Crippen LogP contribution < -0.4 is 20.3 Å². The summed E-state index contributed by atoms with van der Waals surface area (Å²) < 4.78 is 5.56. The average Bonchev–Trinajstić information content (AvgIpc) is 3.03. The lowest BCUT2D eigenvalue weighted by Gasteiger charge is -2.22. The Hall–Kier alpha value is -3.12. The molecule has 1 aliphatic rings. The summed E-state index contributed by atoms with van der Waals surface area (Å²) in [5, 5.41) is 7.39. The quantitative estimate of drug-likeness (QED) is 0.679. The van der Waals surface area contributed by atoms with E-state index in [1.54, 1.807) is 0 Å². The van der Waals surface area contributed by atoms with Gasteiger partial charge in [-0.05, 0) is 68.8 Å². The second-order valence-electron chi connectivity index (χ2n) is 7.77. The topological polar surface area (TPSA) is 66.5 Å². The molecule has 0 radical (unpaired) electrons. The number of benzene rings is 2. The van der Waals surface area contributed by atoms with Gasteiger partial charge in [0.15, 0.2) is 6.61 Å². The van der Waals surface area contributed by atoms with E-state index in [-0.39, 0.29) is 12.5 Å². The number of ether oxygens (including phenoxy) is 1. The van der Waals surface area contributed by atoms with Gasteiger partial charge in [-0.25, -0.2) is 4.98 Å². The van der Waals surface area contributed by atoms with Gasteiger partial charge in [-0.1, -0.05) is 17.7 Å². The summed E-state index contributed by atoms with van der Waals surface area (Å²) in [4.78, 5) is 19.5. The van der Waals surface area contributed by atoms with E-state index in [0.29, 0.717) is 5.75 Å². The molecule has 2 N–H and O–H groups in total. The first-order chi connectivity index (χ1) is 14.6. The predicted molar refractivity (Wildman–Crippen MR) is 121 cm³/mol. The zero-order valence-corrected chi connectivity index (χ0v) is 17.6. The van der Waals surface area contributed by atoms with E-state index in [9.17, 15) is 4.79 Å². The van der Waals surface area contributed by atoms with Crippen molar-refractivity contribution in [1.29, 1.82) is 0 Å². The van der Waals surface area contributed by atoms with Gasteiger partial charge in [-0.3, -0.25) is 4.79 Å². The molecular weight excluding hydrogens is 376 g/mol. The molecule has 3 aromatic rings. The van der Waals surface area contributed by atoms with Gasteiger partial charge in [0.05, 0.1) is 5.52 Å². The molecule has 2 aromatic carbocycles.